The largest absolute Gasteiger partial charge is 0.489 e. The summed E-state index contributed by atoms with van der Waals surface area (Å²) in [6.45, 7) is 11.4. The van der Waals surface area contributed by atoms with Gasteiger partial charge in [-0.05, 0) is 74.2 Å². The Morgan fingerprint density at radius 1 is 0.977 bits per heavy atom. The number of nitrogens with zero attached hydrogens (tertiary/aromatic N) is 3. The summed E-state index contributed by atoms with van der Waals surface area (Å²) in [5.41, 5.74) is 4.00. The molecule has 2 amide bonds. The van der Waals surface area contributed by atoms with E-state index in [0.717, 1.165) is 41.0 Å². The van der Waals surface area contributed by atoms with Crippen LogP contribution in [0.3, 0.4) is 0 Å². The molecule has 43 heavy (non-hydrogen) atoms. The minimum Gasteiger partial charge on any atom is -0.489 e. The summed E-state index contributed by atoms with van der Waals surface area (Å²) in [6, 6.07) is 24.8. The van der Waals surface area contributed by atoms with Crippen molar-refractivity contribution >= 4 is 29.0 Å². The molecular formula is C34H40N4O4S. The molecule has 0 saturated carbocycles. The zero-order chi connectivity index (χ0) is 30.4. The number of allylic oxidation sites excluding steroid dienone is 2. The topological polar surface area (TPSA) is 83.5 Å². The second kappa shape index (κ2) is 16.4. The molecule has 1 fully saturated rings. The van der Waals surface area contributed by atoms with E-state index in [9.17, 15) is 9.00 Å². The van der Waals surface area contributed by atoms with Gasteiger partial charge in [-0.1, -0.05) is 60.7 Å². The number of benzene rings is 3. The van der Waals surface area contributed by atoms with Gasteiger partial charge in [-0.2, -0.15) is 0 Å². The highest BCUT2D eigenvalue weighted by molar-refractivity contribution is 7.80. The van der Waals surface area contributed by atoms with Gasteiger partial charge in [0.05, 0.1) is 11.5 Å². The van der Waals surface area contributed by atoms with E-state index in [1.54, 1.807) is 4.90 Å². The van der Waals surface area contributed by atoms with Crippen LogP contribution >= 0.6 is 0 Å². The Kier molecular flexibility index (Phi) is 12.1. The molecule has 0 aromatic heterocycles. The van der Waals surface area contributed by atoms with Crippen LogP contribution in [0.4, 0.5) is 10.5 Å². The Hall–Kier alpha value is -4.21. The van der Waals surface area contributed by atoms with Gasteiger partial charge in [0.2, 0.25) is 0 Å². The van der Waals surface area contributed by atoms with Gasteiger partial charge in [0.15, 0.2) is 11.1 Å². The number of ether oxygens (including phenoxy) is 1. The summed E-state index contributed by atoms with van der Waals surface area (Å²) in [5, 5.41) is 2.97. The van der Waals surface area contributed by atoms with Crippen molar-refractivity contribution in [3.05, 3.63) is 114 Å². The molecule has 9 heteroatoms. The van der Waals surface area contributed by atoms with E-state index in [2.05, 4.69) is 21.8 Å². The minimum absolute atomic E-state index is 0.131. The number of hydrogen-bond donors (Lipinski definition) is 1. The van der Waals surface area contributed by atoms with Crippen LogP contribution in [0.1, 0.15) is 30.9 Å². The van der Waals surface area contributed by atoms with Crippen molar-refractivity contribution in [1.29, 1.82) is 0 Å². The Bertz CT molecular complexity index is 1420. The van der Waals surface area contributed by atoms with Gasteiger partial charge >= 0.3 is 6.03 Å². The molecule has 1 unspecified atom stereocenters. The van der Waals surface area contributed by atoms with Gasteiger partial charge < -0.3 is 19.9 Å². The van der Waals surface area contributed by atoms with Crippen LogP contribution < -0.4 is 10.1 Å². The first-order chi connectivity index (χ1) is 20.9. The van der Waals surface area contributed by atoms with Gasteiger partial charge in [0.1, 0.15) is 18.2 Å². The molecular weight excluding hydrogens is 560 g/mol. The van der Waals surface area contributed by atoms with E-state index >= 15 is 0 Å². The van der Waals surface area contributed by atoms with Gasteiger partial charge in [0, 0.05) is 38.1 Å². The maximum absolute atomic E-state index is 12.8. The molecule has 1 atom stereocenters. The van der Waals surface area contributed by atoms with E-state index in [1.807, 2.05) is 105 Å². The van der Waals surface area contributed by atoms with Crippen LogP contribution in [-0.4, -0.2) is 59.0 Å². The number of nitrogens with one attached hydrogen (secondary N) is 1. The SMILES string of the molecule is C=C(/N=C\C(=C/C)CCCOS(=O)c1ccc(C)cc1)N1CCN(C(=O)Nc2ccc(OCc3ccccc3)cc2)CC1. The third-order valence-electron chi connectivity index (χ3n) is 7.05. The summed E-state index contributed by atoms with van der Waals surface area (Å²) in [6.07, 6.45) is 5.32. The lowest BCUT2D eigenvalue weighted by Gasteiger charge is -2.35. The number of hydrogen-bond acceptors (Lipinski definition) is 6. The molecule has 1 N–H and O–H groups in total. The number of urea groups is 1. The number of aliphatic imine (C=N–C) groups is 1. The first kappa shape index (κ1) is 31.7. The third kappa shape index (κ3) is 10.2. The monoisotopic (exact) mass is 600 g/mol. The molecule has 1 aliphatic rings. The molecule has 4 rings (SSSR count). The molecule has 3 aromatic carbocycles. The highest BCUT2D eigenvalue weighted by Gasteiger charge is 2.21. The van der Waals surface area contributed by atoms with E-state index in [4.69, 9.17) is 8.92 Å². The lowest BCUT2D eigenvalue weighted by atomic mass is 10.1. The number of aryl methyl sites for hydroxylation is 1. The minimum atomic E-state index is -1.46. The van der Waals surface area contributed by atoms with Crippen molar-refractivity contribution in [2.45, 2.75) is 38.2 Å². The van der Waals surface area contributed by atoms with Crippen LogP contribution in [0.25, 0.3) is 0 Å². The van der Waals surface area contributed by atoms with Crippen molar-refractivity contribution < 1.29 is 17.9 Å². The van der Waals surface area contributed by atoms with Crippen molar-refractivity contribution in [3.63, 3.8) is 0 Å². The van der Waals surface area contributed by atoms with Crippen molar-refractivity contribution in [2.75, 3.05) is 38.1 Å². The zero-order valence-electron chi connectivity index (χ0n) is 24.9. The second-order valence-corrected chi connectivity index (χ2v) is 11.4. The van der Waals surface area contributed by atoms with Crippen molar-refractivity contribution in [1.82, 2.24) is 9.80 Å². The first-order valence-electron chi connectivity index (χ1n) is 14.5. The standard InChI is InChI=1S/C34H40N4O4S/c1-4-29(11-8-24-42-43(40)33-18-12-27(2)13-19-33)25-35-28(3)37-20-22-38(23-21-37)34(39)36-31-14-16-32(17-15-31)41-26-30-9-6-5-7-10-30/h4-7,9-10,12-19,25H,3,8,11,20-24,26H2,1-2H3,(H,36,39)/b29-4-,35-25-. The number of carbonyl (C=O) groups is 1. The highest BCUT2D eigenvalue weighted by atomic mass is 32.2. The molecule has 1 heterocycles. The average molecular weight is 601 g/mol. The van der Waals surface area contributed by atoms with Crippen molar-refractivity contribution in [3.8, 4) is 5.75 Å². The van der Waals surface area contributed by atoms with E-state index in [1.165, 1.54) is 0 Å². The first-order valence-corrected chi connectivity index (χ1v) is 15.6. The molecule has 3 aromatic rings. The Morgan fingerprint density at radius 2 is 1.65 bits per heavy atom. The third-order valence-corrected chi connectivity index (χ3v) is 8.09. The van der Waals surface area contributed by atoms with Gasteiger partial charge in [-0.25, -0.2) is 14.0 Å². The fourth-order valence-electron chi connectivity index (χ4n) is 4.40. The number of anilines is 1. The summed E-state index contributed by atoms with van der Waals surface area (Å²) in [4.78, 5) is 22.0. The van der Waals surface area contributed by atoms with Crippen LogP contribution in [0, 0.1) is 6.92 Å². The lowest BCUT2D eigenvalue weighted by Crippen LogP contribution is -2.49. The van der Waals surface area contributed by atoms with Crippen LogP contribution in [0.2, 0.25) is 0 Å². The van der Waals surface area contributed by atoms with Gasteiger partial charge in [-0.15, -0.1) is 0 Å². The van der Waals surface area contributed by atoms with E-state index < -0.39 is 11.1 Å². The molecule has 0 radical (unpaired) electrons. The Balaban J connectivity index is 1.14. The number of rotatable bonds is 13. The number of amides is 2. The second-order valence-electron chi connectivity index (χ2n) is 10.2. The summed E-state index contributed by atoms with van der Waals surface area (Å²) in [5.74, 6) is 1.42. The lowest BCUT2D eigenvalue weighted by molar-refractivity contribution is 0.167. The molecule has 0 aliphatic carbocycles. The normalized spacial score (nSPS) is 14.5. The zero-order valence-corrected chi connectivity index (χ0v) is 25.7. The Morgan fingerprint density at radius 3 is 2.33 bits per heavy atom. The highest BCUT2D eigenvalue weighted by Crippen LogP contribution is 2.19. The molecule has 0 bridgehead atoms. The van der Waals surface area contributed by atoms with Gasteiger partial charge in [0.25, 0.3) is 0 Å². The molecule has 8 nitrogen and oxygen atoms in total. The van der Waals surface area contributed by atoms with Crippen LogP contribution in [0.5, 0.6) is 5.75 Å². The summed E-state index contributed by atoms with van der Waals surface area (Å²) < 4.78 is 23.6. The number of piperazine rings is 1. The van der Waals surface area contributed by atoms with Crippen LogP contribution in [0.15, 0.2) is 113 Å². The predicted octanol–water partition coefficient (Wildman–Crippen LogP) is 6.73. The molecule has 1 aliphatic heterocycles. The quantitative estimate of drug-likeness (QED) is 0.174. The number of carbonyl (C=O) groups excluding carboxylic acids is 1. The maximum atomic E-state index is 12.8. The fraction of sp³-hybridized carbons (Fsp3) is 0.294. The molecule has 226 valence electrons. The van der Waals surface area contributed by atoms with E-state index in [0.29, 0.717) is 50.1 Å². The summed E-state index contributed by atoms with van der Waals surface area (Å²) in [7, 11) is 0. The summed E-state index contributed by atoms with van der Waals surface area (Å²) >= 11 is -1.46. The molecule has 1 saturated heterocycles. The predicted molar refractivity (Wildman–Crippen MR) is 174 cm³/mol. The van der Waals surface area contributed by atoms with Crippen LogP contribution in [-0.2, 0) is 21.9 Å². The van der Waals surface area contributed by atoms with E-state index in [-0.39, 0.29) is 6.03 Å². The van der Waals surface area contributed by atoms with Gasteiger partial charge in [-0.3, -0.25) is 4.18 Å². The van der Waals surface area contributed by atoms with Crippen molar-refractivity contribution in [2.24, 2.45) is 4.99 Å². The fourth-order valence-corrected chi connectivity index (χ4v) is 5.16. The Labute approximate surface area is 257 Å². The molecule has 0 spiro atoms. The maximum Gasteiger partial charge on any atom is 0.321 e. The smallest absolute Gasteiger partial charge is 0.321 e. The average Bonchev–Trinajstić information content (AvgIpc) is 3.04.